The molecule has 454 valence electrons. The summed E-state index contributed by atoms with van der Waals surface area (Å²) in [6, 6.07) is 13.2. The van der Waals surface area contributed by atoms with E-state index < -0.39 is 11.9 Å². The number of ether oxygens (including phenoxy) is 4. The van der Waals surface area contributed by atoms with Crippen molar-refractivity contribution < 1.29 is 78.3 Å². The van der Waals surface area contributed by atoms with Crippen LogP contribution in [0, 0.1) is 13.8 Å². The maximum atomic E-state index is 13.5. The van der Waals surface area contributed by atoms with Crippen LogP contribution >= 0.6 is 0 Å². The van der Waals surface area contributed by atoms with Gasteiger partial charge in [0.25, 0.3) is 11.8 Å². The summed E-state index contributed by atoms with van der Waals surface area (Å²) in [6.45, 7) is 19.2. The van der Waals surface area contributed by atoms with Crippen molar-refractivity contribution >= 4 is 23.8 Å². The van der Waals surface area contributed by atoms with Crippen LogP contribution in [-0.2, 0) is 35.4 Å². The third-order valence-electron chi connectivity index (χ3n) is 19.5. The van der Waals surface area contributed by atoms with Gasteiger partial charge in [0.05, 0.1) is 71.5 Å². The molecule has 7 heterocycles. The first-order chi connectivity index (χ1) is 40.3. The molecule has 1 unspecified atom stereocenters. The van der Waals surface area contributed by atoms with Gasteiger partial charge in [0.1, 0.15) is 11.5 Å². The number of piperidine rings is 2. The number of likely N-dealkylation sites (tertiary alicyclic amines) is 2. The van der Waals surface area contributed by atoms with E-state index in [1.165, 1.54) is 112 Å². The minimum atomic E-state index is -1.03. The molecule has 4 aliphatic carbocycles. The van der Waals surface area contributed by atoms with Gasteiger partial charge >= 0.3 is 41.5 Å². The zero-order chi connectivity index (χ0) is 57.9. The molecule has 0 spiro atoms. The molecular weight excluding hydrogens is 1080 g/mol. The molecule has 5 aliphatic heterocycles. The number of nitrogens with zero attached hydrogens (tertiary/aromatic N) is 6. The monoisotopic (exact) mass is 1170 g/mol. The predicted molar refractivity (Wildman–Crippen MR) is 321 cm³/mol. The van der Waals surface area contributed by atoms with Crippen LogP contribution in [0.1, 0.15) is 245 Å². The van der Waals surface area contributed by atoms with Crippen LogP contribution in [0.25, 0.3) is 0 Å². The average Bonchev–Trinajstić information content (AvgIpc) is 3.05. The fourth-order valence-electron chi connectivity index (χ4n) is 14.2. The standard InChI is InChI=1S/C32H41N3O4.C31H39N3O4.C5H10O.Na.H2O/c1-4-39-29-17-21(16-26(22-8-9-22)30(29)23-6-5-7-23)19-34-13-10-24(11-14-34)35-15-12-28-27(31(35)36)18-25(20(2)33-28)32(37)38-3;1-3-38-28-16-20(15-25(21-7-8-21)29(28)22-5-4-6-22)18-33-12-9-23(10-13-33)34-14-11-27-26(30(34)35)17-24(31(36)37)19(2)32-27;1-5-3-2-4-6-5;;/h16-18,22-24H,4-15,19H2,1-3H3;15-17,21-23H,3-14,18H2,1-2H3,(H,36,37);5H,2-4H2,1H3;;1H2/q;;;+1;/p-1. The molecule has 85 heavy (non-hydrogen) atoms. The molecule has 2 aromatic heterocycles. The number of fused-ring (bicyclic) bond motifs is 2. The van der Waals surface area contributed by atoms with Gasteiger partial charge in [-0.2, -0.15) is 0 Å². The first-order valence-corrected chi connectivity index (χ1v) is 31.9. The zero-order valence-corrected chi connectivity index (χ0v) is 53.9. The van der Waals surface area contributed by atoms with E-state index in [0.717, 1.165) is 107 Å². The quantitative estimate of drug-likeness (QED) is 0.0827. The molecule has 4 saturated carbocycles. The summed E-state index contributed by atoms with van der Waals surface area (Å²) in [4.78, 5) is 68.7. The second-order valence-corrected chi connectivity index (χ2v) is 25.2. The number of aryl methyl sites for hydroxylation is 2. The molecule has 0 bridgehead atoms. The number of esters is 1. The summed E-state index contributed by atoms with van der Waals surface area (Å²) in [5.41, 5.74) is 13.0. The Morgan fingerprint density at radius 1 is 0.588 bits per heavy atom. The number of amides is 2. The summed E-state index contributed by atoms with van der Waals surface area (Å²) in [5, 5.41) is 9.50. The molecule has 16 nitrogen and oxygen atoms in total. The van der Waals surface area contributed by atoms with E-state index >= 15 is 0 Å². The van der Waals surface area contributed by atoms with E-state index in [2.05, 4.69) is 64.8 Å². The Morgan fingerprint density at radius 2 is 1.02 bits per heavy atom. The maximum Gasteiger partial charge on any atom is 1.00 e. The van der Waals surface area contributed by atoms with Crippen LogP contribution in [0.4, 0.5) is 0 Å². The number of aromatic carboxylic acids is 1. The number of hydrogen-bond donors (Lipinski definition) is 1. The molecule has 7 fully saturated rings. The van der Waals surface area contributed by atoms with E-state index in [4.69, 9.17) is 18.9 Å². The van der Waals surface area contributed by atoms with Crippen LogP contribution in [0.3, 0.4) is 0 Å². The number of methoxy groups -OCH3 is 1. The number of carboxylic acid groups (broad SMARTS) is 1. The van der Waals surface area contributed by atoms with Crippen LogP contribution in [0.2, 0.25) is 0 Å². The van der Waals surface area contributed by atoms with E-state index in [9.17, 15) is 24.3 Å². The summed E-state index contributed by atoms with van der Waals surface area (Å²) in [6.07, 6.45) is 21.3. The van der Waals surface area contributed by atoms with Crippen molar-refractivity contribution in [3.63, 3.8) is 0 Å². The van der Waals surface area contributed by atoms with Gasteiger partial charge in [-0.15, -0.1) is 0 Å². The van der Waals surface area contributed by atoms with Gasteiger partial charge in [0.15, 0.2) is 0 Å². The number of carbonyl (C=O) groups is 4. The van der Waals surface area contributed by atoms with Gasteiger partial charge in [0.2, 0.25) is 0 Å². The number of hydrogen-bond acceptors (Lipinski definition) is 13. The second-order valence-electron chi connectivity index (χ2n) is 25.2. The molecule has 1 atom stereocenters. The van der Waals surface area contributed by atoms with Gasteiger partial charge in [-0.05, 0) is 195 Å². The summed E-state index contributed by atoms with van der Waals surface area (Å²) >= 11 is 0. The first-order valence-electron chi connectivity index (χ1n) is 31.9. The number of aromatic nitrogens is 2. The second kappa shape index (κ2) is 28.9. The van der Waals surface area contributed by atoms with Crippen molar-refractivity contribution in [2.75, 3.05) is 66.2 Å². The van der Waals surface area contributed by atoms with E-state index in [1.54, 1.807) is 31.0 Å². The van der Waals surface area contributed by atoms with Gasteiger partial charge in [-0.1, -0.05) is 25.0 Å². The van der Waals surface area contributed by atoms with Crippen molar-refractivity contribution in [1.82, 2.24) is 29.6 Å². The first kappa shape index (κ1) is 64.5. The molecule has 17 heteroatoms. The molecule has 3 saturated heterocycles. The maximum absolute atomic E-state index is 13.5. The van der Waals surface area contributed by atoms with Gasteiger partial charge in [-0.25, -0.2) is 9.59 Å². The van der Waals surface area contributed by atoms with Crippen molar-refractivity contribution in [3.8, 4) is 11.5 Å². The Morgan fingerprint density at radius 3 is 1.36 bits per heavy atom. The SMILES string of the molecule is CC1CCCO1.CCOc1cc(CN2CCC(N3CCc4nc(C)c(C(=O)O)cc4C3=O)CC2)cc(C2CC2)c1C1CCC1.CCOc1cc(CN2CCC(N3CCc4nc(C)c(C(=O)OC)cc4C3=O)CC2)cc(C2CC2)c1C1CCC1.[Na+].[OH-]. The van der Waals surface area contributed by atoms with Gasteiger partial charge in [0, 0.05) is 95.0 Å². The number of benzene rings is 2. The third-order valence-corrected chi connectivity index (χ3v) is 19.5. The van der Waals surface area contributed by atoms with E-state index in [-0.39, 0.29) is 64.5 Å². The number of carboxylic acids is 1. The minimum Gasteiger partial charge on any atom is -0.870 e. The van der Waals surface area contributed by atoms with Crippen LogP contribution in [0.5, 0.6) is 11.5 Å². The molecule has 2 aromatic carbocycles. The van der Waals surface area contributed by atoms with Crippen molar-refractivity contribution in [2.24, 2.45) is 0 Å². The van der Waals surface area contributed by atoms with E-state index in [1.807, 2.05) is 9.80 Å². The fraction of sp³-hybridized carbons (Fsp3) is 0.618. The van der Waals surface area contributed by atoms with E-state index in [0.29, 0.717) is 84.7 Å². The Kier molecular flexibility index (Phi) is 22.0. The normalized spacial score (nSPS) is 21.1. The molecule has 4 aromatic rings. The molecule has 2 N–H and O–H groups in total. The molecule has 0 radical (unpaired) electrons. The number of rotatable bonds is 16. The topological polar surface area (TPSA) is 194 Å². The Labute approximate surface area is 526 Å². The molecule has 2 amide bonds. The number of carbonyl (C=O) groups excluding carboxylic acids is 3. The van der Waals surface area contributed by atoms with Gasteiger partial charge in [-0.3, -0.25) is 29.4 Å². The molecule has 9 aliphatic rings. The average molecular weight is 1180 g/mol. The van der Waals surface area contributed by atoms with Crippen molar-refractivity contribution in [2.45, 2.75) is 205 Å². The summed E-state index contributed by atoms with van der Waals surface area (Å²) < 4.78 is 22.5. The van der Waals surface area contributed by atoms with Crippen molar-refractivity contribution in [1.29, 1.82) is 0 Å². The van der Waals surface area contributed by atoms with Gasteiger partial charge < -0.3 is 39.3 Å². The Hall–Kier alpha value is -4.94. The summed E-state index contributed by atoms with van der Waals surface area (Å²) in [7, 11) is 1.36. The Balaban J connectivity index is 0.000000181. The zero-order valence-electron chi connectivity index (χ0n) is 51.9. The van der Waals surface area contributed by atoms with Crippen LogP contribution < -0.4 is 39.0 Å². The Bertz CT molecular complexity index is 3030. The largest absolute Gasteiger partial charge is 1.00 e. The molecular formula is C68H91N6NaO10. The molecule has 13 rings (SSSR count). The van der Waals surface area contributed by atoms with Crippen molar-refractivity contribution in [3.05, 3.63) is 115 Å². The smallest absolute Gasteiger partial charge is 0.870 e. The van der Waals surface area contributed by atoms with Crippen LogP contribution in [-0.4, -0.2) is 148 Å². The predicted octanol–water partition coefficient (Wildman–Crippen LogP) is 8.69. The number of pyridine rings is 2. The van der Waals surface area contributed by atoms with Crippen LogP contribution in [0.15, 0.2) is 36.4 Å². The minimum absolute atomic E-state index is 0. The fourth-order valence-corrected chi connectivity index (χ4v) is 14.2. The summed E-state index contributed by atoms with van der Waals surface area (Å²) in [5.74, 6) is 3.49. The third kappa shape index (κ3) is 14.8.